The summed E-state index contributed by atoms with van der Waals surface area (Å²) in [6.07, 6.45) is 5.14. The quantitative estimate of drug-likeness (QED) is 0.0423. The second-order valence-electron chi connectivity index (χ2n) is 19.2. The molecule has 22 nitrogen and oxygen atoms in total. The van der Waals surface area contributed by atoms with E-state index in [1.54, 1.807) is 46.8 Å². The van der Waals surface area contributed by atoms with Crippen LogP contribution < -0.4 is 46.0 Å². The molecule has 0 unspecified atom stereocenters. The largest absolute Gasteiger partial charge is 0.545 e. The summed E-state index contributed by atoms with van der Waals surface area (Å²) in [5.74, 6) is -1.17. The van der Waals surface area contributed by atoms with E-state index >= 15 is 0 Å². The Balaban J connectivity index is 0.000000290. The minimum Gasteiger partial charge on any atom is -0.545 e. The number of hydrogen-bond donors (Lipinski definition) is 0. The first-order valence-electron chi connectivity index (χ1n) is 24.2. The monoisotopic (exact) mass is 1120 g/mol. The van der Waals surface area contributed by atoms with Gasteiger partial charge in [0, 0.05) is 54.2 Å². The Morgan fingerprint density at radius 3 is 1.32 bits per heavy atom. The number of carbonyl (C=O) groups is 2. The van der Waals surface area contributed by atoms with Gasteiger partial charge in [-0.1, -0.05) is 34.5 Å². The maximum Gasteiger partial charge on any atom is 0.339 e. The van der Waals surface area contributed by atoms with Crippen molar-refractivity contribution in [1.82, 2.24) is 18.8 Å². The van der Waals surface area contributed by atoms with E-state index in [0.29, 0.717) is 22.4 Å². The zero-order valence-electron chi connectivity index (χ0n) is 45.5. The van der Waals surface area contributed by atoms with Crippen LogP contribution in [0.15, 0.2) is 77.2 Å². The number of aromatic carboxylic acids is 1. The van der Waals surface area contributed by atoms with Crippen molar-refractivity contribution in [1.29, 1.82) is 0 Å². The van der Waals surface area contributed by atoms with Crippen LogP contribution in [0.5, 0.6) is 23.0 Å². The highest BCUT2D eigenvalue weighted by atomic mass is 28.3. The number of carbonyl (C=O) groups excluding carboxylic acids is 2. The molecule has 6 heterocycles. The lowest BCUT2D eigenvalue weighted by Crippen LogP contribution is -2.27. The summed E-state index contributed by atoms with van der Waals surface area (Å²) in [6.45, 7) is 16.5. The highest BCUT2D eigenvalue weighted by Gasteiger charge is 2.27. The first-order valence-corrected chi connectivity index (χ1v) is 27.9. The number of methoxy groups -OCH3 is 4. The van der Waals surface area contributed by atoms with Crippen LogP contribution in [0.1, 0.15) is 69.2 Å². The van der Waals surface area contributed by atoms with Crippen LogP contribution in [0.25, 0.3) is 55.5 Å². The lowest BCUT2D eigenvalue weighted by molar-refractivity contribution is -0.254. The Morgan fingerprint density at radius 2 is 0.950 bits per heavy atom. The maximum atomic E-state index is 14.1. The Bertz CT molecular complexity index is 3890. The third-order valence-corrected chi connectivity index (χ3v) is 14.4. The van der Waals surface area contributed by atoms with Crippen LogP contribution >= 0.6 is 0 Å². The number of aromatic nitrogens is 4. The fourth-order valence-corrected chi connectivity index (χ4v) is 9.19. The van der Waals surface area contributed by atoms with Crippen molar-refractivity contribution >= 4 is 53.2 Å². The summed E-state index contributed by atoms with van der Waals surface area (Å²) in [5.41, 5.74) is 1.04. The molecule has 23 heteroatoms. The van der Waals surface area contributed by atoms with E-state index in [0.717, 1.165) is 17.9 Å². The van der Waals surface area contributed by atoms with Crippen LogP contribution in [0.3, 0.4) is 0 Å². The molecule has 0 spiro atoms. The SMILES string of the molecule is C.C.COCOc1cc2nc(C)c(-c3coc4cc(C)c(C)c(C(=O)OCC[Si](C)(C)C)c4c3=O)c(=O)n2cc1OCOC.COCOc1cc2nc(C)c(-c3coc4cc(C)c(C)c(C(=O)[O-])c4c3=O)c(=O)n2cc1OCOC. The number of esters is 1. The van der Waals surface area contributed by atoms with Crippen molar-refractivity contribution in [2.75, 3.05) is 62.2 Å². The molecule has 0 N–H and O–H groups in total. The highest BCUT2D eigenvalue weighted by Crippen LogP contribution is 2.33. The molecule has 8 rings (SSSR count). The number of aryl methyl sites for hydroxylation is 4. The number of hydrogen-bond acceptors (Lipinski definition) is 20. The Morgan fingerprint density at radius 1 is 0.575 bits per heavy atom. The Kier molecular flexibility index (Phi) is 20.5. The maximum absolute atomic E-state index is 14.1. The fourth-order valence-electron chi connectivity index (χ4n) is 8.47. The van der Waals surface area contributed by atoms with E-state index in [2.05, 4.69) is 29.6 Å². The summed E-state index contributed by atoms with van der Waals surface area (Å²) < 4.78 is 61.7. The van der Waals surface area contributed by atoms with Crippen molar-refractivity contribution in [2.45, 2.75) is 82.1 Å². The molecule has 0 aliphatic heterocycles. The number of carboxylic acids is 1. The van der Waals surface area contributed by atoms with Gasteiger partial charge in [-0.3, -0.25) is 28.0 Å². The summed E-state index contributed by atoms with van der Waals surface area (Å²) in [5, 5.41) is 11.8. The predicted molar refractivity (Wildman–Crippen MR) is 301 cm³/mol. The number of ether oxygens (including phenoxy) is 9. The van der Waals surface area contributed by atoms with Crippen LogP contribution in [0.4, 0.5) is 0 Å². The smallest absolute Gasteiger partial charge is 0.339 e. The van der Waals surface area contributed by atoms with Crippen LogP contribution in [0, 0.1) is 41.5 Å². The molecule has 0 fully saturated rings. The van der Waals surface area contributed by atoms with Crippen molar-refractivity contribution in [2.24, 2.45) is 0 Å². The molecular formula is C57H67N4O18Si-. The van der Waals surface area contributed by atoms with Gasteiger partial charge in [-0.05, 0) is 82.0 Å². The second kappa shape index (κ2) is 26.2. The van der Waals surface area contributed by atoms with E-state index < -0.39 is 42.0 Å². The van der Waals surface area contributed by atoms with E-state index in [4.69, 9.17) is 51.5 Å². The molecular weight excluding hydrogens is 1060 g/mol. The topological polar surface area (TPSA) is 269 Å². The van der Waals surface area contributed by atoms with Crippen LogP contribution in [-0.2, 0) is 23.7 Å². The molecule has 0 radical (unpaired) electrons. The molecule has 6 aromatic heterocycles. The van der Waals surface area contributed by atoms with Crippen molar-refractivity contribution in [3.8, 4) is 45.3 Å². The minimum absolute atomic E-state index is 0. The molecule has 0 aliphatic rings. The van der Waals surface area contributed by atoms with Gasteiger partial charge in [0.25, 0.3) is 11.1 Å². The summed E-state index contributed by atoms with van der Waals surface area (Å²) in [4.78, 5) is 89.3. The van der Waals surface area contributed by atoms with E-state index in [1.165, 1.54) is 68.0 Å². The zero-order chi connectivity index (χ0) is 56.9. The number of pyridine rings is 2. The normalized spacial score (nSPS) is 11.2. The molecule has 8 aromatic rings. The summed E-state index contributed by atoms with van der Waals surface area (Å²) in [7, 11) is 4.38. The average molecular weight is 1120 g/mol. The summed E-state index contributed by atoms with van der Waals surface area (Å²) in [6, 6.07) is 7.08. The Labute approximate surface area is 461 Å². The lowest BCUT2D eigenvalue weighted by atomic mass is 9.96. The van der Waals surface area contributed by atoms with Crippen LogP contribution in [-0.4, -0.2) is 101 Å². The predicted octanol–water partition coefficient (Wildman–Crippen LogP) is 7.85. The molecule has 0 aliphatic carbocycles. The van der Waals surface area contributed by atoms with Gasteiger partial charge in [-0.25, -0.2) is 14.8 Å². The van der Waals surface area contributed by atoms with Gasteiger partial charge in [-0.2, -0.15) is 0 Å². The number of fused-ring (bicyclic) bond motifs is 4. The third kappa shape index (κ3) is 12.8. The van der Waals surface area contributed by atoms with Gasteiger partial charge < -0.3 is 61.4 Å². The van der Waals surface area contributed by atoms with E-state index in [9.17, 15) is 33.9 Å². The van der Waals surface area contributed by atoms with Gasteiger partial charge >= 0.3 is 5.97 Å². The molecule has 2 aromatic carbocycles. The van der Waals surface area contributed by atoms with Crippen molar-refractivity contribution in [3.05, 3.63) is 135 Å². The minimum atomic E-state index is -1.51. The van der Waals surface area contributed by atoms with Gasteiger partial charge in [-0.15, -0.1) is 0 Å². The standard InChI is InChI=1S/C30H36N2O9Si.C25H24N2O9.2CH4/c1-17-11-22-27(25(18(17)2)30(35)38-9-10-42(6,7)8)28(33)20(14-39-22)26-19(3)31-24-12-21(40-15-36-4)23(41-16-37-5)13-32(24)29(26)34;1-12-6-17-22(20(13(12)2)25(30)31)23(28)15(9-34-17)21-14(3)26-19-7-16(35-10-32-4)18(36-11-33-5)8-27(19)24(21)29;;/h11-14H,9-10,15-16H2,1-8H3;6-9H,10-11H2,1-5H3,(H,30,31);2*1H4/p-1. The number of rotatable bonds is 19. The van der Waals surface area contributed by atoms with Crippen molar-refractivity contribution < 1.29 is 66.2 Å². The third-order valence-electron chi connectivity index (χ3n) is 12.7. The molecule has 0 saturated carbocycles. The van der Waals surface area contributed by atoms with Gasteiger partial charge in [0.15, 0.2) is 50.2 Å². The van der Waals surface area contributed by atoms with E-state index in [1.807, 2.05) is 6.92 Å². The van der Waals surface area contributed by atoms with Crippen molar-refractivity contribution in [3.63, 3.8) is 0 Å². The second-order valence-corrected chi connectivity index (χ2v) is 24.9. The zero-order valence-corrected chi connectivity index (χ0v) is 46.5. The molecule has 0 atom stereocenters. The number of benzene rings is 2. The van der Waals surface area contributed by atoms with Gasteiger partial charge in [0.05, 0.1) is 74.9 Å². The lowest BCUT2D eigenvalue weighted by Gasteiger charge is -2.17. The van der Waals surface area contributed by atoms with Gasteiger partial charge in [0.2, 0.25) is 10.9 Å². The molecule has 0 amide bonds. The fraction of sp³-hybridized carbons (Fsp3) is 0.368. The Hall–Kier alpha value is -8.22. The van der Waals surface area contributed by atoms with Crippen LogP contribution in [0.2, 0.25) is 25.7 Å². The molecule has 80 heavy (non-hydrogen) atoms. The average Bonchev–Trinajstić information content (AvgIpc) is 3.45. The first-order chi connectivity index (χ1) is 37.1. The molecule has 0 saturated heterocycles. The molecule has 0 bridgehead atoms. The number of nitrogens with zero attached hydrogens (tertiary/aromatic N) is 4. The molecule has 428 valence electrons. The summed E-state index contributed by atoms with van der Waals surface area (Å²) >= 11 is 0. The number of carboxylic acid groups (broad SMARTS) is 1. The highest BCUT2D eigenvalue weighted by molar-refractivity contribution is 6.76. The first kappa shape index (κ1) is 62.6. The van der Waals surface area contributed by atoms with Gasteiger partial charge in [0.1, 0.15) is 35.0 Å². The van der Waals surface area contributed by atoms with E-state index in [-0.39, 0.29) is 144 Å².